The Balaban J connectivity index is 1.59. The van der Waals surface area contributed by atoms with Crippen molar-refractivity contribution in [2.24, 2.45) is 5.41 Å². The molecule has 2 saturated heterocycles. The van der Waals surface area contributed by atoms with Gasteiger partial charge in [-0.1, -0.05) is 0 Å². The van der Waals surface area contributed by atoms with Crippen LogP contribution in [0.15, 0.2) is 30.6 Å². The van der Waals surface area contributed by atoms with E-state index in [2.05, 4.69) is 19.9 Å². The summed E-state index contributed by atoms with van der Waals surface area (Å²) in [6.45, 7) is 3.55. The van der Waals surface area contributed by atoms with Crippen LogP contribution in [0.25, 0.3) is 11.4 Å². The van der Waals surface area contributed by atoms with Gasteiger partial charge in [-0.25, -0.2) is 14.8 Å². The van der Waals surface area contributed by atoms with Gasteiger partial charge in [0.25, 0.3) is 0 Å². The number of carbonyl (C=O) groups is 1. The van der Waals surface area contributed by atoms with E-state index in [1.807, 2.05) is 0 Å². The molecule has 4 rings (SSSR count). The lowest BCUT2D eigenvalue weighted by molar-refractivity contribution is 0.00735. The van der Waals surface area contributed by atoms with Gasteiger partial charge in [-0.3, -0.25) is 4.98 Å². The average molecular weight is 354 g/mol. The van der Waals surface area contributed by atoms with Crippen LogP contribution in [0, 0.1) is 5.41 Å². The van der Waals surface area contributed by atoms with Gasteiger partial charge < -0.3 is 14.7 Å². The number of ether oxygens (including phenoxy) is 1. The molecule has 136 valence electrons. The van der Waals surface area contributed by atoms with Crippen molar-refractivity contribution in [3.8, 4) is 11.4 Å². The van der Waals surface area contributed by atoms with Crippen LogP contribution in [0.1, 0.15) is 36.0 Å². The molecule has 2 aromatic rings. The summed E-state index contributed by atoms with van der Waals surface area (Å²) in [6, 6.07) is 4.80. The summed E-state index contributed by atoms with van der Waals surface area (Å²) in [5.41, 5.74) is 1.70. The van der Waals surface area contributed by atoms with Gasteiger partial charge in [-0.15, -0.1) is 0 Å². The standard InChI is InChI=1S/C19H22N4O3/c24-17(25)14-2-7-20-16(12-14)15-3-8-21-18(22-15)23-9-1-4-19(13-23)5-10-26-11-6-19/h2-3,7-8,12H,1,4-6,9-11,13H2,(H,24,25). The SMILES string of the molecule is O=C(O)c1ccnc(-c2ccnc(N3CCCC4(CCOCC4)C3)n2)c1. The van der Waals surface area contributed by atoms with Crippen molar-refractivity contribution in [1.82, 2.24) is 15.0 Å². The lowest BCUT2D eigenvalue weighted by atomic mass is 9.74. The zero-order valence-electron chi connectivity index (χ0n) is 14.6. The highest BCUT2D eigenvalue weighted by Crippen LogP contribution is 2.40. The smallest absolute Gasteiger partial charge is 0.335 e. The molecule has 0 saturated carbocycles. The number of pyridine rings is 1. The van der Waals surface area contributed by atoms with E-state index >= 15 is 0 Å². The van der Waals surface area contributed by atoms with Crippen LogP contribution < -0.4 is 4.90 Å². The number of nitrogens with zero attached hydrogens (tertiary/aromatic N) is 4. The van der Waals surface area contributed by atoms with E-state index in [1.54, 1.807) is 18.3 Å². The van der Waals surface area contributed by atoms with E-state index in [4.69, 9.17) is 4.74 Å². The van der Waals surface area contributed by atoms with Crippen LogP contribution in [-0.4, -0.2) is 52.3 Å². The normalized spacial score (nSPS) is 19.5. The number of rotatable bonds is 3. The highest BCUT2D eigenvalue weighted by Gasteiger charge is 2.37. The van der Waals surface area contributed by atoms with Crippen molar-refractivity contribution < 1.29 is 14.6 Å². The van der Waals surface area contributed by atoms with E-state index in [1.165, 1.54) is 18.7 Å². The second-order valence-corrected chi connectivity index (χ2v) is 7.11. The first-order valence-electron chi connectivity index (χ1n) is 9.01. The summed E-state index contributed by atoms with van der Waals surface area (Å²) in [4.78, 5) is 26.9. The van der Waals surface area contributed by atoms with E-state index in [-0.39, 0.29) is 5.56 Å². The van der Waals surface area contributed by atoms with Crippen molar-refractivity contribution in [3.05, 3.63) is 36.2 Å². The predicted molar refractivity (Wildman–Crippen MR) is 96.2 cm³/mol. The van der Waals surface area contributed by atoms with Crippen molar-refractivity contribution in [3.63, 3.8) is 0 Å². The minimum Gasteiger partial charge on any atom is -0.478 e. The summed E-state index contributed by atoms with van der Waals surface area (Å²) in [6.07, 6.45) is 7.75. The Morgan fingerprint density at radius 1 is 1.12 bits per heavy atom. The Bertz CT molecular complexity index is 799. The summed E-state index contributed by atoms with van der Waals surface area (Å²) < 4.78 is 5.54. The Kier molecular flexibility index (Phi) is 4.55. The maximum absolute atomic E-state index is 11.2. The number of anilines is 1. The molecule has 0 aromatic carbocycles. The highest BCUT2D eigenvalue weighted by atomic mass is 16.5. The molecule has 4 heterocycles. The minimum absolute atomic E-state index is 0.203. The Morgan fingerprint density at radius 3 is 2.73 bits per heavy atom. The molecule has 2 aliphatic heterocycles. The average Bonchev–Trinajstić information content (AvgIpc) is 2.69. The van der Waals surface area contributed by atoms with Gasteiger partial charge in [0.15, 0.2) is 0 Å². The molecule has 0 unspecified atom stereocenters. The molecule has 0 atom stereocenters. The topological polar surface area (TPSA) is 88.4 Å². The summed E-state index contributed by atoms with van der Waals surface area (Å²) in [5.74, 6) is -0.281. The minimum atomic E-state index is -0.972. The fraction of sp³-hybridized carbons (Fsp3) is 0.474. The molecule has 7 heteroatoms. The Morgan fingerprint density at radius 2 is 1.92 bits per heavy atom. The van der Waals surface area contributed by atoms with Gasteiger partial charge >= 0.3 is 5.97 Å². The fourth-order valence-corrected chi connectivity index (χ4v) is 3.94. The number of piperidine rings is 1. The number of aromatic carboxylic acids is 1. The van der Waals surface area contributed by atoms with Gasteiger partial charge in [0.1, 0.15) is 0 Å². The third-order valence-electron chi connectivity index (χ3n) is 5.41. The Hall–Kier alpha value is -2.54. The molecule has 26 heavy (non-hydrogen) atoms. The molecule has 7 nitrogen and oxygen atoms in total. The van der Waals surface area contributed by atoms with Crippen molar-refractivity contribution in [1.29, 1.82) is 0 Å². The zero-order chi connectivity index (χ0) is 18.0. The molecule has 0 radical (unpaired) electrons. The maximum Gasteiger partial charge on any atom is 0.335 e. The molecule has 0 bridgehead atoms. The molecule has 0 aliphatic carbocycles. The number of hydrogen-bond acceptors (Lipinski definition) is 6. The molecular formula is C19H22N4O3. The van der Waals surface area contributed by atoms with Crippen LogP contribution in [0.4, 0.5) is 5.95 Å². The van der Waals surface area contributed by atoms with Gasteiger partial charge in [0.2, 0.25) is 5.95 Å². The summed E-state index contributed by atoms with van der Waals surface area (Å²) in [7, 11) is 0. The van der Waals surface area contributed by atoms with Gasteiger partial charge in [0.05, 0.1) is 17.0 Å². The van der Waals surface area contributed by atoms with Crippen LogP contribution >= 0.6 is 0 Å². The van der Waals surface area contributed by atoms with Crippen molar-refractivity contribution >= 4 is 11.9 Å². The van der Waals surface area contributed by atoms with Gasteiger partial charge in [0, 0.05) is 38.7 Å². The fourth-order valence-electron chi connectivity index (χ4n) is 3.94. The van der Waals surface area contributed by atoms with E-state index in [9.17, 15) is 9.90 Å². The third kappa shape index (κ3) is 3.39. The number of carboxylic acid groups (broad SMARTS) is 1. The molecule has 1 spiro atoms. The maximum atomic E-state index is 11.2. The van der Waals surface area contributed by atoms with Gasteiger partial charge in [-0.2, -0.15) is 0 Å². The Labute approximate surface area is 152 Å². The first kappa shape index (κ1) is 16.9. The lowest BCUT2D eigenvalue weighted by Gasteiger charge is -2.45. The van der Waals surface area contributed by atoms with Crippen LogP contribution in [0.3, 0.4) is 0 Å². The molecule has 2 aromatic heterocycles. The monoisotopic (exact) mass is 354 g/mol. The zero-order valence-corrected chi connectivity index (χ0v) is 14.6. The predicted octanol–water partition coefficient (Wildman–Crippen LogP) is 2.63. The summed E-state index contributed by atoms with van der Waals surface area (Å²) in [5, 5.41) is 9.18. The molecule has 2 aliphatic rings. The molecule has 2 fully saturated rings. The van der Waals surface area contributed by atoms with E-state index < -0.39 is 5.97 Å². The second kappa shape index (κ2) is 6.99. The van der Waals surface area contributed by atoms with Gasteiger partial charge in [-0.05, 0) is 49.3 Å². The summed E-state index contributed by atoms with van der Waals surface area (Å²) >= 11 is 0. The quantitative estimate of drug-likeness (QED) is 0.906. The highest BCUT2D eigenvalue weighted by molar-refractivity contribution is 5.88. The third-order valence-corrected chi connectivity index (χ3v) is 5.41. The first-order chi connectivity index (χ1) is 12.7. The lowest BCUT2D eigenvalue weighted by Crippen LogP contribution is -2.46. The van der Waals surface area contributed by atoms with Crippen LogP contribution in [0.5, 0.6) is 0 Å². The molecular weight excluding hydrogens is 332 g/mol. The molecule has 0 amide bonds. The number of hydrogen-bond donors (Lipinski definition) is 1. The van der Waals surface area contributed by atoms with Crippen molar-refractivity contribution in [2.75, 3.05) is 31.2 Å². The van der Waals surface area contributed by atoms with Crippen LogP contribution in [-0.2, 0) is 4.74 Å². The molecule has 1 N–H and O–H groups in total. The van der Waals surface area contributed by atoms with Crippen molar-refractivity contribution in [2.45, 2.75) is 25.7 Å². The van der Waals surface area contributed by atoms with Crippen LogP contribution in [0.2, 0.25) is 0 Å². The van der Waals surface area contributed by atoms with E-state index in [0.29, 0.717) is 22.8 Å². The van der Waals surface area contributed by atoms with E-state index in [0.717, 1.165) is 45.6 Å². The second-order valence-electron chi connectivity index (χ2n) is 7.11. The first-order valence-corrected chi connectivity index (χ1v) is 9.01. The number of aromatic nitrogens is 3. The largest absolute Gasteiger partial charge is 0.478 e. The number of carboxylic acids is 1.